The van der Waals surface area contributed by atoms with Crippen LogP contribution in [0.5, 0.6) is 5.75 Å². The summed E-state index contributed by atoms with van der Waals surface area (Å²) >= 11 is 0. The average Bonchev–Trinajstić information content (AvgIpc) is 2.46. The van der Waals surface area contributed by atoms with Crippen LogP contribution in [-0.2, 0) is 16.6 Å². The minimum Gasteiger partial charge on any atom is -0.507 e. The van der Waals surface area contributed by atoms with Crippen LogP contribution in [0.25, 0.3) is 0 Å². The monoisotopic (exact) mass is 316 g/mol. The van der Waals surface area contributed by atoms with Crippen molar-refractivity contribution in [3.05, 3.63) is 28.8 Å². The van der Waals surface area contributed by atoms with Gasteiger partial charge in [-0.3, -0.25) is 9.59 Å². The molecular weight excluding hydrogens is 292 g/mol. The van der Waals surface area contributed by atoms with Gasteiger partial charge in [0, 0.05) is 0 Å². The number of phenols is 1. The van der Waals surface area contributed by atoms with Crippen molar-refractivity contribution >= 4 is 11.8 Å². The quantitative estimate of drug-likeness (QED) is 0.816. The molecule has 0 unspecified atom stereocenters. The minimum absolute atomic E-state index is 0.0146. The summed E-state index contributed by atoms with van der Waals surface area (Å²) in [5.74, 6) is -0.796. The number of carboxylic acid groups (broad SMARTS) is 1. The van der Waals surface area contributed by atoms with Crippen molar-refractivity contribution in [2.75, 3.05) is 0 Å². The molecular formula is C19H24O4. The van der Waals surface area contributed by atoms with Gasteiger partial charge in [0.1, 0.15) is 5.75 Å². The number of ketones is 1. The van der Waals surface area contributed by atoms with Gasteiger partial charge in [-0.25, -0.2) is 0 Å². The van der Waals surface area contributed by atoms with E-state index in [0.717, 1.165) is 36.8 Å². The van der Waals surface area contributed by atoms with Crippen molar-refractivity contribution in [1.29, 1.82) is 0 Å². The predicted molar refractivity (Wildman–Crippen MR) is 86.9 cm³/mol. The van der Waals surface area contributed by atoms with Gasteiger partial charge in [-0.1, -0.05) is 13.3 Å². The zero-order valence-electron chi connectivity index (χ0n) is 14.0. The largest absolute Gasteiger partial charge is 0.507 e. The van der Waals surface area contributed by atoms with Crippen LogP contribution in [0.1, 0.15) is 67.9 Å². The molecule has 0 heterocycles. The average molecular weight is 316 g/mol. The Balaban J connectivity index is 2.15. The lowest BCUT2D eigenvalue weighted by Crippen LogP contribution is -2.52. The maximum Gasteiger partial charge on any atom is 0.309 e. The molecule has 1 fully saturated rings. The zero-order chi connectivity index (χ0) is 17.0. The standard InChI is InChI=1S/C19H24O4/c1-11(20)13-9-12-5-6-16-18(2,14(12)10-15(13)21)7-4-8-19(16,3)17(22)23/h9-10,16,21H,4-8H2,1-3H3,(H,22,23)/t16-,18-,19-/m1/s1. The molecule has 3 rings (SSSR count). The Morgan fingerprint density at radius 2 is 1.91 bits per heavy atom. The first-order valence-electron chi connectivity index (χ1n) is 8.31. The number of Topliss-reactive ketones (excluding diaryl/α,β-unsaturated/α-hetero) is 1. The second-order valence-corrected chi connectivity index (χ2v) is 7.67. The normalized spacial score (nSPS) is 32.7. The van der Waals surface area contributed by atoms with E-state index in [2.05, 4.69) is 6.92 Å². The predicted octanol–water partition coefficient (Wildman–Crippen LogP) is 3.69. The summed E-state index contributed by atoms with van der Waals surface area (Å²) in [5.41, 5.74) is 1.50. The number of phenolic OH excluding ortho intramolecular Hbond substituents is 1. The number of benzene rings is 1. The van der Waals surface area contributed by atoms with Crippen LogP contribution in [0.3, 0.4) is 0 Å². The number of aryl methyl sites for hydroxylation is 1. The smallest absolute Gasteiger partial charge is 0.309 e. The van der Waals surface area contributed by atoms with Gasteiger partial charge in [0.05, 0.1) is 11.0 Å². The Bertz CT molecular complexity index is 693. The summed E-state index contributed by atoms with van der Waals surface area (Å²) in [6.07, 6.45) is 4.07. The second kappa shape index (κ2) is 5.08. The van der Waals surface area contributed by atoms with Crippen molar-refractivity contribution in [2.24, 2.45) is 11.3 Å². The van der Waals surface area contributed by atoms with E-state index in [4.69, 9.17) is 0 Å². The molecule has 0 saturated heterocycles. The van der Waals surface area contributed by atoms with E-state index >= 15 is 0 Å². The van der Waals surface area contributed by atoms with Gasteiger partial charge in [-0.05, 0) is 74.1 Å². The summed E-state index contributed by atoms with van der Waals surface area (Å²) in [6, 6.07) is 3.52. The number of hydrogen-bond donors (Lipinski definition) is 2. The van der Waals surface area contributed by atoms with Crippen LogP contribution in [0.2, 0.25) is 0 Å². The van der Waals surface area contributed by atoms with Crippen LogP contribution in [0.4, 0.5) is 0 Å². The minimum atomic E-state index is -0.723. The molecule has 2 aliphatic carbocycles. The van der Waals surface area contributed by atoms with Crippen LogP contribution < -0.4 is 0 Å². The molecule has 2 N–H and O–H groups in total. The Morgan fingerprint density at radius 1 is 1.22 bits per heavy atom. The Kier molecular flexibility index (Phi) is 3.54. The summed E-state index contributed by atoms with van der Waals surface area (Å²) < 4.78 is 0. The van der Waals surface area contributed by atoms with Gasteiger partial charge in [0.25, 0.3) is 0 Å². The number of aliphatic carboxylic acids is 1. The molecule has 0 bridgehead atoms. The summed E-state index contributed by atoms with van der Waals surface area (Å²) in [7, 11) is 0. The number of carbonyl (C=O) groups excluding carboxylic acids is 1. The van der Waals surface area contributed by atoms with Crippen molar-refractivity contribution in [2.45, 2.75) is 58.3 Å². The lowest BCUT2D eigenvalue weighted by molar-refractivity contribution is -0.157. The molecule has 124 valence electrons. The van der Waals surface area contributed by atoms with Gasteiger partial charge < -0.3 is 10.2 Å². The molecule has 0 amide bonds. The number of hydrogen-bond acceptors (Lipinski definition) is 3. The number of carbonyl (C=O) groups is 2. The molecule has 1 saturated carbocycles. The second-order valence-electron chi connectivity index (χ2n) is 7.67. The third kappa shape index (κ3) is 2.19. The molecule has 2 aliphatic rings. The highest BCUT2D eigenvalue weighted by atomic mass is 16.4. The number of fused-ring (bicyclic) bond motifs is 3. The number of rotatable bonds is 2. The molecule has 3 atom stereocenters. The SMILES string of the molecule is CC(=O)c1cc2c(cc1O)[C@@]1(C)CCC[C@@](C)(C(=O)O)[C@@H]1CC2. The molecule has 0 radical (unpaired) electrons. The molecule has 1 aromatic rings. The van der Waals surface area contributed by atoms with Crippen molar-refractivity contribution in [3.8, 4) is 5.75 Å². The van der Waals surface area contributed by atoms with E-state index in [9.17, 15) is 19.8 Å². The van der Waals surface area contributed by atoms with Crippen molar-refractivity contribution in [1.82, 2.24) is 0 Å². The first-order valence-corrected chi connectivity index (χ1v) is 8.31. The van der Waals surface area contributed by atoms with Gasteiger partial charge in [0.2, 0.25) is 0 Å². The Morgan fingerprint density at radius 3 is 2.52 bits per heavy atom. The van der Waals surface area contributed by atoms with Gasteiger partial charge >= 0.3 is 5.97 Å². The number of aromatic hydroxyl groups is 1. The molecule has 0 aliphatic heterocycles. The molecule has 4 heteroatoms. The van der Waals surface area contributed by atoms with Crippen molar-refractivity contribution in [3.63, 3.8) is 0 Å². The van der Waals surface area contributed by atoms with E-state index in [1.165, 1.54) is 6.92 Å². The molecule has 0 spiro atoms. The fourth-order valence-corrected chi connectivity index (χ4v) is 5.04. The molecule has 0 aromatic heterocycles. The molecule has 23 heavy (non-hydrogen) atoms. The van der Waals surface area contributed by atoms with E-state index in [1.54, 1.807) is 12.1 Å². The first-order chi connectivity index (χ1) is 10.7. The van der Waals surface area contributed by atoms with Crippen LogP contribution in [-0.4, -0.2) is 22.0 Å². The third-order valence-corrected chi connectivity index (χ3v) is 6.34. The highest BCUT2D eigenvalue weighted by Gasteiger charge is 2.55. The molecule has 1 aromatic carbocycles. The maximum atomic E-state index is 11.9. The summed E-state index contributed by atoms with van der Waals surface area (Å²) in [6.45, 7) is 5.45. The zero-order valence-corrected chi connectivity index (χ0v) is 14.0. The third-order valence-electron chi connectivity index (χ3n) is 6.34. The van der Waals surface area contributed by atoms with Gasteiger partial charge in [-0.2, -0.15) is 0 Å². The fraction of sp³-hybridized carbons (Fsp3) is 0.579. The van der Waals surface area contributed by atoms with Crippen LogP contribution in [0, 0.1) is 11.3 Å². The van der Waals surface area contributed by atoms with E-state index in [0.29, 0.717) is 12.0 Å². The van der Waals surface area contributed by atoms with Crippen molar-refractivity contribution < 1.29 is 19.8 Å². The topological polar surface area (TPSA) is 74.6 Å². The lowest BCUT2D eigenvalue weighted by atomic mass is 9.50. The summed E-state index contributed by atoms with van der Waals surface area (Å²) in [4.78, 5) is 23.6. The first kappa shape index (κ1) is 16.0. The van der Waals surface area contributed by atoms with Crippen LogP contribution >= 0.6 is 0 Å². The molecule has 4 nitrogen and oxygen atoms in total. The van der Waals surface area contributed by atoms with Gasteiger partial charge in [0.15, 0.2) is 5.78 Å². The highest BCUT2D eigenvalue weighted by Crippen LogP contribution is 2.57. The maximum absolute atomic E-state index is 11.9. The lowest BCUT2D eigenvalue weighted by Gasteiger charge is -2.53. The summed E-state index contributed by atoms with van der Waals surface area (Å²) in [5, 5.41) is 20.0. The highest BCUT2D eigenvalue weighted by molar-refractivity contribution is 5.97. The van der Waals surface area contributed by atoms with E-state index in [-0.39, 0.29) is 22.9 Å². The van der Waals surface area contributed by atoms with E-state index < -0.39 is 11.4 Å². The van der Waals surface area contributed by atoms with E-state index in [1.807, 2.05) is 6.92 Å². The van der Waals surface area contributed by atoms with Crippen LogP contribution in [0.15, 0.2) is 12.1 Å². The Hall–Kier alpha value is -1.84. The Labute approximate surface area is 136 Å². The van der Waals surface area contributed by atoms with Gasteiger partial charge in [-0.15, -0.1) is 0 Å². The fourth-order valence-electron chi connectivity index (χ4n) is 5.04. The number of carboxylic acids is 1.